The largest absolute Gasteiger partial charge is 0.319 e. The van der Waals surface area contributed by atoms with Crippen LogP contribution in [0.15, 0.2) is 36.5 Å². The third-order valence-corrected chi connectivity index (χ3v) is 3.13. The summed E-state index contributed by atoms with van der Waals surface area (Å²) < 4.78 is 0. The van der Waals surface area contributed by atoms with Gasteiger partial charge in [-0.15, -0.1) is 0 Å². The number of nitrogens with zero attached hydrogens (tertiary/aromatic N) is 1. The highest BCUT2D eigenvalue weighted by molar-refractivity contribution is 6.31. The second-order valence-corrected chi connectivity index (χ2v) is 4.62. The molecule has 88 valence electrons. The predicted octanol–water partition coefficient (Wildman–Crippen LogP) is 3.40. The maximum Gasteiger partial charge on any atom is 0.0743 e. The molecule has 2 N–H and O–H groups in total. The van der Waals surface area contributed by atoms with E-state index in [-0.39, 0.29) is 6.04 Å². The van der Waals surface area contributed by atoms with Crippen LogP contribution in [-0.4, -0.2) is 4.98 Å². The molecule has 0 aliphatic rings. The molecule has 0 aliphatic carbocycles. The summed E-state index contributed by atoms with van der Waals surface area (Å²) in [5, 5.41) is 0.682. The number of benzene rings is 1. The minimum Gasteiger partial charge on any atom is -0.319 e. The minimum atomic E-state index is -0.274. The number of rotatable bonds is 2. The number of halogens is 1. The summed E-state index contributed by atoms with van der Waals surface area (Å²) in [5.74, 6) is 0. The molecule has 1 aromatic carbocycles. The smallest absolute Gasteiger partial charge is 0.0743 e. The first-order chi connectivity index (χ1) is 8.09. The molecule has 1 atom stereocenters. The third kappa shape index (κ3) is 2.48. The Kier molecular flexibility index (Phi) is 3.46. The zero-order chi connectivity index (χ0) is 12.4. The monoisotopic (exact) mass is 246 g/mol. The van der Waals surface area contributed by atoms with Gasteiger partial charge in [-0.05, 0) is 36.6 Å². The van der Waals surface area contributed by atoms with Crippen molar-refractivity contribution in [2.75, 3.05) is 0 Å². The summed E-state index contributed by atoms with van der Waals surface area (Å²) in [5.41, 5.74) is 10.2. The lowest BCUT2D eigenvalue weighted by Gasteiger charge is -2.15. The van der Waals surface area contributed by atoms with Crippen molar-refractivity contribution in [2.45, 2.75) is 19.9 Å². The lowest BCUT2D eigenvalue weighted by atomic mass is 10.00. The number of pyridine rings is 1. The molecule has 0 spiro atoms. The molecule has 0 bridgehead atoms. The van der Waals surface area contributed by atoms with Gasteiger partial charge in [0.2, 0.25) is 0 Å². The molecule has 1 aromatic heterocycles. The van der Waals surface area contributed by atoms with E-state index in [1.165, 1.54) is 0 Å². The van der Waals surface area contributed by atoms with E-state index < -0.39 is 0 Å². The maximum absolute atomic E-state index is 6.22. The van der Waals surface area contributed by atoms with E-state index >= 15 is 0 Å². The highest BCUT2D eigenvalue weighted by Crippen LogP contribution is 2.26. The van der Waals surface area contributed by atoms with Crippen molar-refractivity contribution in [1.29, 1.82) is 0 Å². The van der Waals surface area contributed by atoms with Gasteiger partial charge in [-0.25, -0.2) is 0 Å². The summed E-state index contributed by atoms with van der Waals surface area (Å²) in [6.07, 6.45) is 1.83. The van der Waals surface area contributed by atoms with Crippen LogP contribution < -0.4 is 5.73 Å². The van der Waals surface area contributed by atoms with Crippen LogP contribution in [0.5, 0.6) is 0 Å². The van der Waals surface area contributed by atoms with Crippen molar-refractivity contribution in [2.24, 2.45) is 5.73 Å². The first-order valence-corrected chi connectivity index (χ1v) is 5.90. The maximum atomic E-state index is 6.22. The number of aryl methyl sites for hydroxylation is 2. The molecular weight excluding hydrogens is 232 g/mol. The third-order valence-electron chi connectivity index (χ3n) is 2.79. The van der Waals surface area contributed by atoms with Gasteiger partial charge in [-0.2, -0.15) is 0 Å². The lowest BCUT2D eigenvalue weighted by molar-refractivity contribution is 0.816. The van der Waals surface area contributed by atoms with Crippen molar-refractivity contribution in [3.8, 4) is 0 Å². The van der Waals surface area contributed by atoms with Gasteiger partial charge in [0.1, 0.15) is 0 Å². The van der Waals surface area contributed by atoms with Gasteiger partial charge in [0.25, 0.3) is 0 Å². The first kappa shape index (κ1) is 12.1. The SMILES string of the molecule is Cc1cnc(C(N)c2ccccc2Cl)c(C)c1. The van der Waals surface area contributed by atoms with E-state index in [4.69, 9.17) is 17.3 Å². The molecule has 0 amide bonds. The molecule has 0 saturated heterocycles. The number of hydrogen-bond acceptors (Lipinski definition) is 2. The molecule has 17 heavy (non-hydrogen) atoms. The highest BCUT2D eigenvalue weighted by atomic mass is 35.5. The molecule has 1 unspecified atom stereocenters. The van der Waals surface area contributed by atoms with Crippen LogP contribution in [-0.2, 0) is 0 Å². The van der Waals surface area contributed by atoms with Crippen LogP contribution in [0.3, 0.4) is 0 Å². The Morgan fingerprint density at radius 2 is 1.94 bits per heavy atom. The Bertz CT molecular complexity index is 537. The molecule has 0 aliphatic heterocycles. The Hall–Kier alpha value is -1.38. The van der Waals surface area contributed by atoms with Crippen LogP contribution in [0.25, 0.3) is 0 Å². The zero-order valence-electron chi connectivity index (χ0n) is 9.94. The average molecular weight is 247 g/mol. The van der Waals surface area contributed by atoms with Gasteiger partial charge < -0.3 is 5.73 Å². The summed E-state index contributed by atoms with van der Waals surface area (Å²) in [6, 6.07) is 9.43. The van der Waals surface area contributed by atoms with E-state index in [2.05, 4.69) is 11.1 Å². The number of nitrogens with two attached hydrogens (primary N) is 1. The predicted molar refractivity (Wildman–Crippen MR) is 71.2 cm³/mol. The second-order valence-electron chi connectivity index (χ2n) is 4.21. The molecule has 0 radical (unpaired) electrons. The summed E-state index contributed by atoms with van der Waals surface area (Å²) in [6.45, 7) is 4.04. The minimum absolute atomic E-state index is 0.274. The van der Waals surface area contributed by atoms with Crippen molar-refractivity contribution >= 4 is 11.6 Å². The normalized spacial score (nSPS) is 12.5. The van der Waals surface area contributed by atoms with Crippen molar-refractivity contribution < 1.29 is 0 Å². The summed E-state index contributed by atoms with van der Waals surface area (Å²) in [7, 11) is 0. The highest BCUT2D eigenvalue weighted by Gasteiger charge is 2.15. The average Bonchev–Trinajstić information content (AvgIpc) is 2.29. The fourth-order valence-corrected chi connectivity index (χ4v) is 2.18. The van der Waals surface area contributed by atoms with Gasteiger partial charge in [-0.1, -0.05) is 35.9 Å². The molecule has 1 heterocycles. The van der Waals surface area contributed by atoms with Crippen molar-refractivity contribution in [3.63, 3.8) is 0 Å². The number of aromatic nitrogens is 1. The van der Waals surface area contributed by atoms with Crippen molar-refractivity contribution in [1.82, 2.24) is 4.98 Å². The fourth-order valence-electron chi connectivity index (χ4n) is 1.93. The number of hydrogen-bond donors (Lipinski definition) is 1. The molecule has 0 saturated carbocycles. The summed E-state index contributed by atoms with van der Waals surface area (Å²) >= 11 is 6.14. The molecule has 2 aromatic rings. The molecular formula is C14H15ClN2. The standard InChI is InChI=1S/C14H15ClN2/c1-9-7-10(2)14(17-8-9)13(16)11-5-3-4-6-12(11)15/h3-8,13H,16H2,1-2H3. The lowest BCUT2D eigenvalue weighted by Crippen LogP contribution is -2.15. The Balaban J connectivity index is 2.44. The van der Waals surface area contributed by atoms with Gasteiger partial charge in [0.15, 0.2) is 0 Å². The van der Waals surface area contributed by atoms with E-state index in [0.29, 0.717) is 5.02 Å². The van der Waals surface area contributed by atoms with Gasteiger partial charge >= 0.3 is 0 Å². The topological polar surface area (TPSA) is 38.9 Å². The quantitative estimate of drug-likeness (QED) is 0.882. The van der Waals surface area contributed by atoms with E-state index in [0.717, 1.165) is 22.4 Å². The van der Waals surface area contributed by atoms with Gasteiger partial charge in [0, 0.05) is 11.2 Å². The van der Waals surface area contributed by atoms with Crippen LogP contribution in [0.1, 0.15) is 28.4 Å². The Morgan fingerprint density at radius 3 is 2.59 bits per heavy atom. The first-order valence-electron chi connectivity index (χ1n) is 5.52. The van der Waals surface area contributed by atoms with Gasteiger partial charge in [-0.3, -0.25) is 4.98 Å². The van der Waals surface area contributed by atoms with Crippen LogP contribution >= 0.6 is 11.6 Å². The van der Waals surface area contributed by atoms with E-state index in [1.54, 1.807) is 0 Å². The van der Waals surface area contributed by atoms with Crippen LogP contribution in [0.2, 0.25) is 5.02 Å². The van der Waals surface area contributed by atoms with Crippen LogP contribution in [0.4, 0.5) is 0 Å². The Labute approximate surface area is 106 Å². The fraction of sp³-hybridized carbons (Fsp3) is 0.214. The zero-order valence-corrected chi connectivity index (χ0v) is 10.7. The molecule has 2 rings (SSSR count). The van der Waals surface area contributed by atoms with E-state index in [9.17, 15) is 0 Å². The van der Waals surface area contributed by atoms with Gasteiger partial charge in [0.05, 0.1) is 11.7 Å². The van der Waals surface area contributed by atoms with Crippen LogP contribution in [0, 0.1) is 13.8 Å². The summed E-state index contributed by atoms with van der Waals surface area (Å²) in [4.78, 5) is 4.41. The van der Waals surface area contributed by atoms with E-state index in [1.807, 2.05) is 44.3 Å². The molecule has 2 nitrogen and oxygen atoms in total. The van der Waals surface area contributed by atoms with Crippen molar-refractivity contribution in [3.05, 3.63) is 63.9 Å². The second kappa shape index (κ2) is 4.86. The molecule has 3 heteroatoms. The Morgan fingerprint density at radius 1 is 1.24 bits per heavy atom. The molecule has 0 fully saturated rings.